The maximum absolute atomic E-state index is 12.6. The van der Waals surface area contributed by atoms with Gasteiger partial charge in [-0.3, -0.25) is 9.36 Å². The average molecular weight is 322 g/mol. The Morgan fingerprint density at radius 2 is 1.96 bits per heavy atom. The van der Waals surface area contributed by atoms with Gasteiger partial charge in [0.2, 0.25) is 5.91 Å². The number of hydrogen-bond acceptors (Lipinski definition) is 3. The fraction of sp³-hybridized carbons (Fsp3) is 0.263. The van der Waals surface area contributed by atoms with Crippen LogP contribution in [0.15, 0.2) is 51.7 Å². The third kappa shape index (κ3) is 2.52. The molecule has 5 nitrogen and oxygen atoms in total. The predicted molar refractivity (Wildman–Crippen MR) is 90.7 cm³/mol. The zero-order valence-electron chi connectivity index (χ0n) is 13.5. The van der Waals surface area contributed by atoms with E-state index in [2.05, 4.69) is 12.1 Å². The van der Waals surface area contributed by atoms with Crippen molar-refractivity contribution < 1.29 is 9.21 Å². The summed E-state index contributed by atoms with van der Waals surface area (Å²) >= 11 is 0. The average Bonchev–Trinajstić information content (AvgIpc) is 2.89. The third-order valence-corrected chi connectivity index (χ3v) is 4.69. The molecule has 1 aliphatic rings. The fourth-order valence-electron chi connectivity index (χ4n) is 3.28. The first-order valence-corrected chi connectivity index (χ1v) is 8.05. The number of rotatable bonds is 2. The first-order valence-electron chi connectivity index (χ1n) is 8.05. The molecule has 3 aromatic rings. The van der Waals surface area contributed by atoms with Crippen LogP contribution in [0.25, 0.3) is 11.1 Å². The number of nitrogens with zero attached hydrogens (tertiary/aromatic N) is 2. The lowest BCUT2D eigenvalue weighted by Crippen LogP contribution is -2.36. The number of carbonyl (C=O) groups is 1. The molecular weight excluding hydrogens is 304 g/mol. The second-order valence-corrected chi connectivity index (χ2v) is 6.24. The normalized spacial score (nSPS) is 14.0. The van der Waals surface area contributed by atoms with Crippen molar-refractivity contribution in [1.29, 1.82) is 0 Å². The predicted octanol–water partition coefficient (Wildman–Crippen LogP) is 2.26. The Labute approximate surface area is 139 Å². The van der Waals surface area contributed by atoms with E-state index in [1.807, 2.05) is 29.2 Å². The number of carbonyl (C=O) groups excluding carboxylic acids is 1. The molecule has 1 aromatic heterocycles. The van der Waals surface area contributed by atoms with Crippen LogP contribution in [0.1, 0.15) is 16.7 Å². The Hall–Kier alpha value is -2.82. The van der Waals surface area contributed by atoms with E-state index < -0.39 is 0 Å². The van der Waals surface area contributed by atoms with E-state index in [-0.39, 0.29) is 11.7 Å². The minimum absolute atomic E-state index is 0.109. The van der Waals surface area contributed by atoms with Gasteiger partial charge in [0.25, 0.3) is 0 Å². The van der Waals surface area contributed by atoms with E-state index in [9.17, 15) is 9.59 Å². The molecule has 24 heavy (non-hydrogen) atoms. The summed E-state index contributed by atoms with van der Waals surface area (Å²) in [6, 6.07) is 13.7. The van der Waals surface area contributed by atoms with Crippen LogP contribution in [0.5, 0.6) is 0 Å². The molecule has 0 saturated heterocycles. The van der Waals surface area contributed by atoms with Crippen LogP contribution in [0.3, 0.4) is 0 Å². The van der Waals surface area contributed by atoms with E-state index >= 15 is 0 Å². The minimum Gasteiger partial charge on any atom is -0.408 e. The Kier molecular flexibility index (Phi) is 3.49. The topological polar surface area (TPSA) is 55.5 Å². The number of oxazole rings is 1. The first-order chi connectivity index (χ1) is 11.6. The van der Waals surface area contributed by atoms with Crippen LogP contribution < -0.4 is 5.76 Å². The van der Waals surface area contributed by atoms with Crippen molar-refractivity contribution in [2.75, 3.05) is 6.54 Å². The van der Waals surface area contributed by atoms with E-state index in [4.69, 9.17) is 4.42 Å². The zero-order valence-corrected chi connectivity index (χ0v) is 13.5. The van der Waals surface area contributed by atoms with Crippen LogP contribution in [0.4, 0.5) is 0 Å². The van der Waals surface area contributed by atoms with Crippen molar-refractivity contribution in [3.8, 4) is 0 Å². The standard InChI is InChI=1S/C19H18N2O3/c1-20-16-10-13(6-7-17(16)24-19(20)23)11-18(22)21-9-8-14-4-2-3-5-15(14)12-21/h2-7,10H,8-9,11-12H2,1H3. The molecule has 1 amide bonds. The van der Waals surface area contributed by atoms with Gasteiger partial charge in [-0.1, -0.05) is 30.3 Å². The van der Waals surface area contributed by atoms with E-state index in [1.54, 1.807) is 13.1 Å². The highest BCUT2D eigenvalue weighted by atomic mass is 16.4. The largest absolute Gasteiger partial charge is 0.419 e. The van der Waals surface area contributed by atoms with Crippen molar-refractivity contribution in [2.24, 2.45) is 7.05 Å². The molecule has 0 radical (unpaired) electrons. The summed E-state index contributed by atoms with van der Waals surface area (Å²) in [5, 5.41) is 0. The minimum atomic E-state index is -0.388. The van der Waals surface area contributed by atoms with Crippen molar-refractivity contribution in [3.05, 3.63) is 69.7 Å². The number of aryl methyl sites for hydroxylation is 1. The highest BCUT2D eigenvalue weighted by Crippen LogP contribution is 2.20. The lowest BCUT2D eigenvalue weighted by atomic mass is 9.99. The van der Waals surface area contributed by atoms with E-state index in [0.29, 0.717) is 24.1 Å². The number of fused-ring (bicyclic) bond motifs is 2. The molecule has 0 spiro atoms. The molecule has 0 bridgehead atoms. The zero-order chi connectivity index (χ0) is 16.7. The molecule has 0 N–H and O–H groups in total. The Balaban J connectivity index is 1.54. The van der Waals surface area contributed by atoms with Crippen molar-refractivity contribution >= 4 is 17.0 Å². The van der Waals surface area contributed by atoms with Gasteiger partial charge in [-0.05, 0) is 35.2 Å². The lowest BCUT2D eigenvalue weighted by Gasteiger charge is -2.29. The summed E-state index contributed by atoms with van der Waals surface area (Å²) in [5.74, 6) is -0.279. The van der Waals surface area contributed by atoms with Crippen LogP contribution in [-0.2, 0) is 31.2 Å². The molecule has 0 aliphatic carbocycles. The molecule has 4 rings (SSSR count). The second-order valence-electron chi connectivity index (χ2n) is 6.24. The molecule has 2 heterocycles. The molecule has 0 saturated carbocycles. The van der Waals surface area contributed by atoms with Crippen LogP contribution >= 0.6 is 0 Å². The quantitative estimate of drug-likeness (QED) is 0.727. The van der Waals surface area contributed by atoms with Gasteiger partial charge in [0, 0.05) is 20.1 Å². The summed E-state index contributed by atoms with van der Waals surface area (Å²) in [6.07, 6.45) is 1.23. The van der Waals surface area contributed by atoms with Gasteiger partial charge in [-0.25, -0.2) is 4.79 Å². The maximum atomic E-state index is 12.6. The summed E-state index contributed by atoms with van der Waals surface area (Å²) in [6.45, 7) is 1.42. The summed E-state index contributed by atoms with van der Waals surface area (Å²) in [5.41, 5.74) is 4.71. The highest BCUT2D eigenvalue weighted by Gasteiger charge is 2.20. The Bertz CT molecular complexity index is 984. The number of hydrogen-bond donors (Lipinski definition) is 0. The molecule has 1 aliphatic heterocycles. The van der Waals surface area contributed by atoms with Crippen LogP contribution in [0.2, 0.25) is 0 Å². The van der Waals surface area contributed by atoms with Gasteiger partial charge in [0.15, 0.2) is 5.58 Å². The first kappa shape index (κ1) is 14.8. The Morgan fingerprint density at radius 3 is 2.79 bits per heavy atom. The molecule has 0 fully saturated rings. The van der Waals surface area contributed by atoms with Crippen LogP contribution in [0, 0.1) is 0 Å². The smallest absolute Gasteiger partial charge is 0.408 e. The van der Waals surface area contributed by atoms with Gasteiger partial charge in [0.05, 0.1) is 11.9 Å². The van der Waals surface area contributed by atoms with Gasteiger partial charge < -0.3 is 9.32 Å². The van der Waals surface area contributed by atoms with Crippen molar-refractivity contribution in [2.45, 2.75) is 19.4 Å². The fourth-order valence-corrected chi connectivity index (χ4v) is 3.28. The summed E-state index contributed by atoms with van der Waals surface area (Å²) in [7, 11) is 1.67. The summed E-state index contributed by atoms with van der Waals surface area (Å²) in [4.78, 5) is 26.1. The van der Waals surface area contributed by atoms with Crippen molar-refractivity contribution in [3.63, 3.8) is 0 Å². The SMILES string of the molecule is Cn1c(=O)oc2ccc(CC(=O)N3CCc4ccccc4C3)cc21. The van der Waals surface area contributed by atoms with Crippen molar-refractivity contribution in [1.82, 2.24) is 9.47 Å². The molecule has 0 unspecified atom stereocenters. The molecule has 0 atom stereocenters. The van der Waals surface area contributed by atoms with Gasteiger partial charge in [0.1, 0.15) is 0 Å². The van der Waals surface area contributed by atoms with E-state index in [0.717, 1.165) is 18.5 Å². The lowest BCUT2D eigenvalue weighted by molar-refractivity contribution is -0.131. The maximum Gasteiger partial charge on any atom is 0.419 e. The summed E-state index contributed by atoms with van der Waals surface area (Å²) < 4.78 is 6.58. The molecule has 2 aromatic carbocycles. The number of aromatic nitrogens is 1. The molecular formula is C19H18N2O3. The van der Waals surface area contributed by atoms with Gasteiger partial charge >= 0.3 is 5.76 Å². The number of amides is 1. The van der Waals surface area contributed by atoms with Gasteiger partial charge in [-0.2, -0.15) is 0 Å². The van der Waals surface area contributed by atoms with E-state index in [1.165, 1.54) is 15.7 Å². The second kappa shape index (κ2) is 5.67. The van der Waals surface area contributed by atoms with Crippen LogP contribution in [-0.4, -0.2) is 21.9 Å². The van der Waals surface area contributed by atoms with Gasteiger partial charge in [-0.15, -0.1) is 0 Å². The molecule has 5 heteroatoms. The Morgan fingerprint density at radius 1 is 1.17 bits per heavy atom. The monoisotopic (exact) mass is 322 g/mol. The highest BCUT2D eigenvalue weighted by molar-refractivity contribution is 5.81. The number of benzene rings is 2. The third-order valence-electron chi connectivity index (χ3n) is 4.69. The molecule has 122 valence electrons.